The lowest BCUT2D eigenvalue weighted by Crippen LogP contribution is -2.39. The molecule has 3 heterocycles. The first-order chi connectivity index (χ1) is 10.7. The average molecular weight is 298 g/mol. The maximum atomic E-state index is 9.37. The van der Waals surface area contributed by atoms with Gasteiger partial charge in [0.2, 0.25) is 0 Å². The minimum absolute atomic E-state index is 0.209. The monoisotopic (exact) mass is 298 g/mol. The van der Waals surface area contributed by atoms with Crippen LogP contribution in [0.2, 0.25) is 0 Å². The SMILES string of the molecule is CCc1nc([C@H]2CN(c3nccc(C)c3C#N)CCO2)n[nH]1. The second-order valence-electron chi connectivity index (χ2n) is 5.24. The summed E-state index contributed by atoms with van der Waals surface area (Å²) < 4.78 is 5.78. The van der Waals surface area contributed by atoms with Gasteiger partial charge in [0.05, 0.1) is 18.7 Å². The Bertz CT molecular complexity index is 704. The smallest absolute Gasteiger partial charge is 0.181 e. The number of ether oxygens (including phenoxy) is 1. The summed E-state index contributed by atoms with van der Waals surface area (Å²) in [5.74, 6) is 2.22. The Balaban J connectivity index is 1.84. The molecule has 0 unspecified atom stereocenters. The molecule has 1 saturated heterocycles. The maximum absolute atomic E-state index is 9.37. The van der Waals surface area contributed by atoms with Crippen molar-refractivity contribution in [1.29, 1.82) is 5.26 Å². The summed E-state index contributed by atoms with van der Waals surface area (Å²) in [5, 5.41) is 16.5. The van der Waals surface area contributed by atoms with Crippen LogP contribution in [-0.4, -0.2) is 39.9 Å². The highest BCUT2D eigenvalue weighted by Crippen LogP contribution is 2.26. The number of anilines is 1. The molecule has 1 fully saturated rings. The van der Waals surface area contributed by atoms with Gasteiger partial charge in [-0.3, -0.25) is 5.10 Å². The zero-order chi connectivity index (χ0) is 15.5. The number of nitrogens with zero attached hydrogens (tertiary/aromatic N) is 5. The van der Waals surface area contributed by atoms with Crippen LogP contribution in [0.3, 0.4) is 0 Å². The second-order valence-corrected chi connectivity index (χ2v) is 5.24. The molecule has 3 rings (SSSR count). The summed E-state index contributed by atoms with van der Waals surface area (Å²) in [7, 11) is 0. The molecule has 0 aromatic carbocycles. The molecule has 1 N–H and O–H groups in total. The maximum Gasteiger partial charge on any atom is 0.181 e. The quantitative estimate of drug-likeness (QED) is 0.924. The van der Waals surface area contributed by atoms with Crippen molar-refractivity contribution >= 4 is 5.82 Å². The summed E-state index contributed by atoms with van der Waals surface area (Å²) in [6.07, 6.45) is 2.33. The third-order valence-electron chi connectivity index (χ3n) is 3.79. The van der Waals surface area contributed by atoms with Crippen LogP contribution in [0.5, 0.6) is 0 Å². The molecule has 2 aromatic heterocycles. The number of aromatic nitrogens is 4. The van der Waals surface area contributed by atoms with Crippen LogP contribution in [0, 0.1) is 18.3 Å². The second kappa shape index (κ2) is 6.12. The van der Waals surface area contributed by atoms with Gasteiger partial charge in [-0.05, 0) is 18.6 Å². The van der Waals surface area contributed by atoms with Gasteiger partial charge in [0.25, 0.3) is 0 Å². The van der Waals surface area contributed by atoms with Gasteiger partial charge in [0.15, 0.2) is 5.82 Å². The Morgan fingerprint density at radius 1 is 1.55 bits per heavy atom. The molecular formula is C15H18N6O. The highest BCUT2D eigenvalue weighted by Gasteiger charge is 2.27. The van der Waals surface area contributed by atoms with Gasteiger partial charge < -0.3 is 9.64 Å². The molecule has 0 spiro atoms. The molecule has 1 atom stereocenters. The van der Waals surface area contributed by atoms with Crippen molar-refractivity contribution in [3.05, 3.63) is 35.0 Å². The van der Waals surface area contributed by atoms with Crippen LogP contribution in [0.1, 0.15) is 35.8 Å². The fourth-order valence-electron chi connectivity index (χ4n) is 2.53. The van der Waals surface area contributed by atoms with E-state index in [2.05, 4.69) is 31.1 Å². The van der Waals surface area contributed by atoms with Crippen molar-refractivity contribution in [3.8, 4) is 6.07 Å². The Kier molecular flexibility index (Phi) is 4.02. The summed E-state index contributed by atoms with van der Waals surface area (Å²) in [5.41, 5.74) is 1.55. The van der Waals surface area contributed by atoms with Crippen LogP contribution >= 0.6 is 0 Å². The number of hydrogen-bond donors (Lipinski definition) is 1. The Morgan fingerprint density at radius 3 is 3.14 bits per heavy atom. The number of pyridine rings is 1. The Morgan fingerprint density at radius 2 is 2.41 bits per heavy atom. The fraction of sp³-hybridized carbons (Fsp3) is 0.467. The first-order valence-corrected chi connectivity index (χ1v) is 7.36. The number of aryl methyl sites for hydroxylation is 2. The molecular weight excluding hydrogens is 280 g/mol. The normalized spacial score (nSPS) is 18.2. The lowest BCUT2D eigenvalue weighted by Gasteiger charge is -2.33. The van der Waals surface area contributed by atoms with E-state index in [1.807, 2.05) is 19.9 Å². The molecule has 7 nitrogen and oxygen atoms in total. The third kappa shape index (κ3) is 2.65. The molecule has 0 bridgehead atoms. The molecule has 1 aliphatic heterocycles. The van der Waals surface area contributed by atoms with Crippen LogP contribution in [0.25, 0.3) is 0 Å². The topological polar surface area (TPSA) is 90.7 Å². The Labute approximate surface area is 129 Å². The molecule has 0 amide bonds. The molecule has 0 aliphatic carbocycles. The number of hydrogen-bond acceptors (Lipinski definition) is 6. The predicted molar refractivity (Wildman–Crippen MR) is 80.4 cm³/mol. The van der Waals surface area contributed by atoms with Gasteiger partial charge in [-0.1, -0.05) is 6.92 Å². The van der Waals surface area contributed by atoms with E-state index in [0.29, 0.717) is 36.9 Å². The van der Waals surface area contributed by atoms with E-state index in [9.17, 15) is 5.26 Å². The number of nitriles is 1. The first kappa shape index (κ1) is 14.5. The van der Waals surface area contributed by atoms with Crippen molar-refractivity contribution in [3.63, 3.8) is 0 Å². The molecule has 2 aromatic rings. The van der Waals surface area contributed by atoms with E-state index < -0.39 is 0 Å². The van der Waals surface area contributed by atoms with Gasteiger partial charge in [-0.25, -0.2) is 9.97 Å². The number of rotatable bonds is 3. The minimum atomic E-state index is -0.209. The predicted octanol–water partition coefficient (Wildman–Crippen LogP) is 1.52. The van der Waals surface area contributed by atoms with E-state index in [1.165, 1.54) is 0 Å². The van der Waals surface area contributed by atoms with Crippen LogP contribution < -0.4 is 4.90 Å². The number of morpholine rings is 1. The van der Waals surface area contributed by atoms with Gasteiger partial charge in [-0.2, -0.15) is 10.4 Å². The van der Waals surface area contributed by atoms with Gasteiger partial charge in [-0.15, -0.1) is 0 Å². The fourth-order valence-corrected chi connectivity index (χ4v) is 2.53. The third-order valence-corrected chi connectivity index (χ3v) is 3.79. The summed E-state index contributed by atoms with van der Waals surface area (Å²) in [4.78, 5) is 10.9. The summed E-state index contributed by atoms with van der Waals surface area (Å²) >= 11 is 0. The average Bonchev–Trinajstić information content (AvgIpc) is 3.04. The molecule has 114 valence electrons. The number of H-pyrrole nitrogens is 1. The van der Waals surface area contributed by atoms with E-state index in [1.54, 1.807) is 6.20 Å². The standard InChI is InChI=1S/C15H18N6O/c1-3-13-18-14(20-19-13)12-9-21(6-7-22-12)15-11(8-16)10(2)4-5-17-15/h4-5,12H,3,6-7,9H2,1-2H3,(H,18,19,20)/t12-/m1/s1. The van der Waals surface area contributed by atoms with E-state index >= 15 is 0 Å². The lowest BCUT2D eigenvalue weighted by atomic mass is 10.1. The van der Waals surface area contributed by atoms with E-state index in [-0.39, 0.29) is 6.10 Å². The molecule has 22 heavy (non-hydrogen) atoms. The first-order valence-electron chi connectivity index (χ1n) is 7.36. The summed E-state index contributed by atoms with van der Waals surface area (Å²) in [6.45, 7) is 5.79. The van der Waals surface area contributed by atoms with E-state index in [0.717, 1.165) is 17.8 Å². The molecule has 1 aliphatic rings. The van der Waals surface area contributed by atoms with Gasteiger partial charge in [0.1, 0.15) is 23.8 Å². The van der Waals surface area contributed by atoms with Crippen molar-refractivity contribution in [2.45, 2.75) is 26.4 Å². The zero-order valence-electron chi connectivity index (χ0n) is 12.7. The number of aromatic amines is 1. The Hall–Kier alpha value is -2.46. The zero-order valence-corrected chi connectivity index (χ0v) is 12.7. The molecule has 0 radical (unpaired) electrons. The highest BCUT2D eigenvalue weighted by molar-refractivity contribution is 5.57. The largest absolute Gasteiger partial charge is 0.366 e. The highest BCUT2D eigenvalue weighted by atomic mass is 16.5. The van der Waals surface area contributed by atoms with E-state index in [4.69, 9.17) is 4.74 Å². The van der Waals surface area contributed by atoms with Crippen LogP contribution in [0.15, 0.2) is 12.3 Å². The molecule has 0 saturated carbocycles. The molecule has 7 heteroatoms. The van der Waals surface area contributed by atoms with Crippen molar-refractivity contribution < 1.29 is 4.74 Å². The van der Waals surface area contributed by atoms with Gasteiger partial charge >= 0.3 is 0 Å². The number of nitrogens with one attached hydrogen (secondary N) is 1. The van der Waals surface area contributed by atoms with Crippen LogP contribution in [0.4, 0.5) is 5.82 Å². The van der Waals surface area contributed by atoms with Crippen molar-refractivity contribution in [1.82, 2.24) is 20.2 Å². The van der Waals surface area contributed by atoms with Crippen molar-refractivity contribution in [2.24, 2.45) is 0 Å². The summed E-state index contributed by atoms with van der Waals surface area (Å²) in [6, 6.07) is 4.10. The van der Waals surface area contributed by atoms with Crippen LogP contribution in [-0.2, 0) is 11.2 Å². The lowest BCUT2D eigenvalue weighted by molar-refractivity contribution is 0.0339. The minimum Gasteiger partial charge on any atom is -0.366 e. The van der Waals surface area contributed by atoms with Crippen molar-refractivity contribution in [2.75, 3.05) is 24.6 Å². The van der Waals surface area contributed by atoms with Gasteiger partial charge in [0, 0.05) is 19.2 Å².